The van der Waals surface area contributed by atoms with E-state index in [0.717, 1.165) is 12.8 Å². The van der Waals surface area contributed by atoms with E-state index in [0.29, 0.717) is 37.7 Å². The van der Waals surface area contributed by atoms with E-state index in [-0.39, 0.29) is 41.6 Å². The first-order valence-electron chi connectivity index (χ1n) is 10.1. The molecular formula is C22H28F2IN5O. The average molecular weight is 543 g/mol. The summed E-state index contributed by atoms with van der Waals surface area (Å²) in [4.78, 5) is 17.9. The molecular weight excluding hydrogens is 515 g/mol. The molecule has 1 amide bonds. The molecule has 6 nitrogen and oxygen atoms in total. The van der Waals surface area contributed by atoms with Gasteiger partial charge in [-0.1, -0.05) is 24.3 Å². The van der Waals surface area contributed by atoms with Crippen LogP contribution in [0.5, 0.6) is 0 Å². The molecule has 1 fully saturated rings. The van der Waals surface area contributed by atoms with Crippen molar-refractivity contribution in [3.05, 3.63) is 65.7 Å². The molecule has 0 saturated carbocycles. The number of anilines is 1. The molecule has 2 aromatic carbocycles. The number of rotatable bonds is 7. The largest absolute Gasteiger partial charge is 0.365 e. The number of nitrogens with zero attached hydrogens (tertiary/aromatic N) is 2. The van der Waals surface area contributed by atoms with Crippen molar-refractivity contribution in [2.45, 2.75) is 18.9 Å². The molecule has 1 atom stereocenters. The summed E-state index contributed by atoms with van der Waals surface area (Å²) < 4.78 is 28.0. The number of benzene rings is 2. The highest BCUT2D eigenvalue weighted by molar-refractivity contribution is 14.0. The minimum Gasteiger partial charge on any atom is -0.365 e. The Labute approximate surface area is 198 Å². The van der Waals surface area contributed by atoms with Crippen molar-refractivity contribution in [1.29, 1.82) is 0 Å². The monoisotopic (exact) mass is 543 g/mol. The Morgan fingerprint density at radius 2 is 1.74 bits per heavy atom. The Bertz CT molecular complexity index is 861. The summed E-state index contributed by atoms with van der Waals surface area (Å²) >= 11 is 0. The summed E-state index contributed by atoms with van der Waals surface area (Å²) in [6.45, 7) is 2.23. The molecule has 1 heterocycles. The lowest BCUT2D eigenvalue weighted by Gasteiger charge is -2.21. The van der Waals surface area contributed by atoms with Gasteiger partial charge in [0.05, 0.1) is 0 Å². The van der Waals surface area contributed by atoms with Crippen LogP contribution in [0.2, 0.25) is 0 Å². The van der Waals surface area contributed by atoms with E-state index in [9.17, 15) is 13.6 Å². The number of amides is 1. The summed E-state index contributed by atoms with van der Waals surface area (Å²) in [5, 5.41) is 9.38. The fourth-order valence-electron chi connectivity index (χ4n) is 3.45. The standard InChI is InChI=1S/C22H27F2N5O.HI/c1-25-22(27-13-6-12-26-21(30)16-7-3-2-4-8-16)28-17-11-14-29(15-17)20-18(23)9-5-10-19(20)24;/h2-5,7-10,17H,6,11-15H2,1H3,(H,26,30)(H2,25,27,28);1H. The quantitative estimate of drug-likeness (QED) is 0.217. The van der Waals surface area contributed by atoms with Gasteiger partial charge in [-0.15, -0.1) is 24.0 Å². The molecule has 31 heavy (non-hydrogen) atoms. The van der Waals surface area contributed by atoms with Gasteiger partial charge in [0.1, 0.15) is 17.3 Å². The second kappa shape index (κ2) is 12.4. The second-order valence-corrected chi connectivity index (χ2v) is 7.12. The van der Waals surface area contributed by atoms with Crippen molar-refractivity contribution in [2.75, 3.05) is 38.1 Å². The van der Waals surface area contributed by atoms with Crippen LogP contribution in [0.15, 0.2) is 53.5 Å². The Balaban J connectivity index is 0.00000341. The van der Waals surface area contributed by atoms with Gasteiger partial charge < -0.3 is 20.9 Å². The summed E-state index contributed by atoms with van der Waals surface area (Å²) in [5.74, 6) is -0.554. The maximum Gasteiger partial charge on any atom is 0.251 e. The molecule has 0 radical (unpaired) electrons. The number of guanidine groups is 1. The Kier molecular flexibility index (Phi) is 9.96. The lowest BCUT2D eigenvalue weighted by Crippen LogP contribution is -2.45. The lowest BCUT2D eigenvalue weighted by atomic mass is 10.2. The zero-order chi connectivity index (χ0) is 21.3. The van der Waals surface area contributed by atoms with Crippen LogP contribution < -0.4 is 20.9 Å². The maximum atomic E-state index is 14.0. The van der Waals surface area contributed by atoms with Crippen LogP contribution in [-0.4, -0.2) is 51.1 Å². The van der Waals surface area contributed by atoms with Crippen molar-refractivity contribution >= 4 is 41.5 Å². The van der Waals surface area contributed by atoms with Crippen LogP contribution in [-0.2, 0) is 0 Å². The smallest absolute Gasteiger partial charge is 0.251 e. The predicted octanol–water partition coefficient (Wildman–Crippen LogP) is 3.15. The Morgan fingerprint density at radius 1 is 1.06 bits per heavy atom. The van der Waals surface area contributed by atoms with Gasteiger partial charge in [0.15, 0.2) is 5.96 Å². The van der Waals surface area contributed by atoms with Crippen LogP contribution in [0.4, 0.5) is 14.5 Å². The minimum atomic E-state index is -0.546. The third kappa shape index (κ3) is 7.05. The summed E-state index contributed by atoms with van der Waals surface area (Å²) in [5.41, 5.74) is 0.666. The van der Waals surface area contributed by atoms with Crippen molar-refractivity contribution < 1.29 is 13.6 Å². The number of hydrogen-bond donors (Lipinski definition) is 3. The molecule has 1 aliphatic heterocycles. The minimum absolute atomic E-state index is 0. The molecule has 3 rings (SSSR count). The SMILES string of the molecule is CN=C(NCCCNC(=O)c1ccccc1)NC1CCN(c2c(F)cccc2F)C1.I. The number of halogens is 3. The number of carbonyl (C=O) groups excluding carboxylic acids is 1. The molecule has 168 valence electrons. The van der Waals surface area contributed by atoms with Gasteiger partial charge in [-0.2, -0.15) is 0 Å². The van der Waals surface area contributed by atoms with E-state index in [4.69, 9.17) is 0 Å². The lowest BCUT2D eigenvalue weighted by molar-refractivity contribution is 0.0953. The topological polar surface area (TPSA) is 68.8 Å². The van der Waals surface area contributed by atoms with E-state index < -0.39 is 11.6 Å². The summed E-state index contributed by atoms with van der Waals surface area (Å²) in [6.07, 6.45) is 1.48. The molecule has 0 bridgehead atoms. The van der Waals surface area contributed by atoms with Crippen LogP contribution in [0.25, 0.3) is 0 Å². The zero-order valence-corrected chi connectivity index (χ0v) is 19.7. The number of carbonyl (C=O) groups is 1. The van der Waals surface area contributed by atoms with Crippen molar-refractivity contribution in [3.8, 4) is 0 Å². The number of aliphatic imine (C=N–C) groups is 1. The molecule has 0 aliphatic carbocycles. The van der Waals surface area contributed by atoms with E-state index in [2.05, 4.69) is 20.9 Å². The number of nitrogens with one attached hydrogen (secondary N) is 3. The Morgan fingerprint density at radius 3 is 2.42 bits per heavy atom. The van der Waals surface area contributed by atoms with E-state index in [1.807, 2.05) is 18.2 Å². The number of hydrogen-bond acceptors (Lipinski definition) is 3. The Hall–Kier alpha value is -2.43. The normalized spacial score (nSPS) is 15.9. The van der Waals surface area contributed by atoms with Gasteiger partial charge >= 0.3 is 0 Å². The van der Waals surface area contributed by atoms with Gasteiger partial charge in [-0.05, 0) is 37.1 Å². The zero-order valence-electron chi connectivity index (χ0n) is 17.4. The van der Waals surface area contributed by atoms with Gasteiger partial charge in [-0.3, -0.25) is 9.79 Å². The highest BCUT2D eigenvalue weighted by atomic mass is 127. The first-order chi connectivity index (χ1) is 14.6. The van der Waals surface area contributed by atoms with Crippen LogP contribution >= 0.6 is 24.0 Å². The van der Waals surface area contributed by atoms with E-state index in [1.165, 1.54) is 18.2 Å². The number of para-hydroxylation sites is 1. The van der Waals surface area contributed by atoms with Gasteiger partial charge in [0.25, 0.3) is 5.91 Å². The van der Waals surface area contributed by atoms with Gasteiger partial charge in [0.2, 0.25) is 0 Å². The molecule has 2 aromatic rings. The van der Waals surface area contributed by atoms with Gasteiger partial charge in [0, 0.05) is 44.8 Å². The van der Waals surface area contributed by atoms with Crippen LogP contribution in [0.3, 0.4) is 0 Å². The summed E-state index contributed by atoms with van der Waals surface area (Å²) in [6, 6.07) is 13.0. The molecule has 0 spiro atoms. The van der Waals surface area contributed by atoms with Crippen LogP contribution in [0.1, 0.15) is 23.2 Å². The van der Waals surface area contributed by atoms with E-state index in [1.54, 1.807) is 24.1 Å². The fourth-order valence-corrected chi connectivity index (χ4v) is 3.45. The van der Waals surface area contributed by atoms with Crippen molar-refractivity contribution in [1.82, 2.24) is 16.0 Å². The molecule has 0 aromatic heterocycles. The first-order valence-corrected chi connectivity index (χ1v) is 10.1. The van der Waals surface area contributed by atoms with E-state index >= 15 is 0 Å². The predicted molar refractivity (Wildman–Crippen MR) is 130 cm³/mol. The maximum absolute atomic E-state index is 14.0. The van der Waals surface area contributed by atoms with Crippen molar-refractivity contribution in [3.63, 3.8) is 0 Å². The average Bonchev–Trinajstić information content (AvgIpc) is 3.21. The third-order valence-corrected chi connectivity index (χ3v) is 4.97. The highest BCUT2D eigenvalue weighted by Crippen LogP contribution is 2.26. The fraction of sp³-hybridized carbons (Fsp3) is 0.364. The molecule has 1 saturated heterocycles. The van der Waals surface area contributed by atoms with Crippen LogP contribution in [0, 0.1) is 11.6 Å². The second-order valence-electron chi connectivity index (χ2n) is 7.12. The van der Waals surface area contributed by atoms with Gasteiger partial charge in [-0.25, -0.2) is 8.78 Å². The molecule has 3 N–H and O–H groups in total. The molecule has 9 heteroatoms. The highest BCUT2D eigenvalue weighted by Gasteiger charge is 2.27. The first kappa shape index (κ1) is 24.8. The van der Waals surface area contributed by atoms with Crippen molar-refractivity contribution in [2.24, 2.45) is 4.99 Å². The third-order valence-electron chi connectivity index (χ3n) is 4.97. The molecule has 1 aliphatic rings. The molecule has 1 unspecified atom stereocenters. The summed E-state index contributed by atoms with van der Waals surface area (Å²) in [7, 11) is 1.68.